The van der Waals surface area contributed by atoms with Crippen LogP contribution in [0.25, 0.3) is 0 Å². The molecule has 0 radical (unpaired) electrons. The zero-order valence-corrected chi connectivity index (χ0v) is 45.9. The molecule has 0 aromatic rings. The van der Waals surface area contributed by atoms with Crippen LogP contribution >= 0.6 is 0 Å². The molecule has 6 heteroatoms. The van der Waals surface area contributed by atoms with E-state index >= 15 is 0 Å². The van der Waals surface area contributed by atoms with Gasteiger partial charge in [-0.15, -0.1) is 0 Å². The van der Waals surface area contributed by atoms with Gasteiger partial charge in [0.05, 0.1) is 25.4 Å². The van der Waals surface area contributed by atoms with E-state index in [0.29, 0.717) is 25.9 Å². The highest BCUT2D eigenvalue weighted by molar-refractivity contribution is 5.76. The summed E-state index contributed by atoms with van der Waals surface area (Å²) >= 11 is 0. The number of ether oxygens (including phenoxy) is 1. The second kappa shape index (κ2) is 57.9. The molecule has 0 aliphatic carbocycles. The molecule has 2 unspecified atom stereocenters. The van der Waals surface area contributed by atoms with E-state index in [1.807, 2.05) is 0 Å². The first-order chi connectivity index (χ1) is 33.5. The maximum Gasteiger partial charge on any atom is 0.305 e. The van der Waals surface area contributed by atoms with Crippen LogP contribution in [-0.4, -0.2) is 47.4 Å². The zero-order chi connectivity index (χ0) is 49.3. The average molecular weight is 959 g/mol. The van der Waals surface area contributed by atoms with Crippen molar-refractivity contribution in [2.75, 3.05) is 13.2 Å². The number of unbranched alkanes of at least 4 members (excludes halogenated alkanes) is 42. The first-order valence-corrected chi connectivity index (χ1v) is 30.6. The van der Waals surface area contributed by atoms with Crippen LogP contribution in [0.4, 0.5) is 0 Å². The molecule has 68 heavy (non-hydrogen) atoms. The van der Waals surface area contributed by atoms with E-state index in [4.69, 9.17) is 4.74 Å². The van der Waals surface area contributed by atoms with E-state index in [1.165, 1.54) is 257 Å². The predicted molar refractivity (Wildman–Crippen MR) is 296 cm³/mol. The summed E-state index contributed by atoms with van der Waals surface area (Å²) in [5.41, 5.74) is 0. The Hall–Kier alpha value is -1.66. The summed E-state index contributed by atoms with van der Waals surface area (Å²) in [4.78, 5) is 24.5. The zero-order valence-electron chi connectivity index (χ0n) is 45.9. The molecule has 0 bridgehead atoms. The molecule has 6 nitrogen and oxygen atoms in total. The molecule has 0 aromatic carbocycles. The molecule has 0 fully saturated rings. The Labute approximate surface area is 424 Å². The van der Waals surface area contributed by atoms with Gasteiger partial charge in [-0.1, -0.05) is 269 Å². The monoisotopic (exact) mass is 958 g/mol. The van der Waals surface area contributed by atoms with Gasteiger partial charge in [0.25, 0.3) is 0 Å². The number of aliphatic hydroxyl groups is 2. The highest BCUT2D eigenvalue weighted by Crippen LogP contribution is 2.17. The molecular weight excluding hydrogens is 839 g/mol. The quantitative estimate of drug-likeness (QED) is 0.0321. The van der Waals surface area contributed by atoms with Crippen LogP contribution < -0.4 is 5.32 Å². The number of hydrogen-bond donors (Lipinski definition) is 3. The van der Waals surface area contributed by atoms with E-state index in [9.17, 15) is 19.8 Å². The lowest BCUT2D eigenvalue weighted by Gasteiger charge is -2.22. The van der Waals surface area contributed by atoms with Gasteiger partial charge in [-0.25, -0.2) is 0 Å². The van der Waals surface area contributed by atoms with Crippen LogP contribution in [0.3, 0.4) is 0 Å². The molecule has 2 atom stereocenters. The first kappa shape index (κ1) is 66.3. The van der Waals surface area contributed by atoms with Gasteiger partial charge in [0, 0.05) is 12.8 Å². The van der Waals surface area contributed by atoms with Crippen molar-refractivity contribution < 1.29 is 24.5 Å². The Morgan fingerprint density at radius 1 is 0.397 bits per heavy atom. The number of nitrogens with one attached hydrogen (secondary N) is 1. The lowest BCUT2D eigenvalue weighted by molar-refractivity contribution is -0.143. The summed E-state index contributed by atoms with van der Waals surface area (Å²) in [7, 11) is 0. The van der Waals surface area contributed by atoms with Crippen molar-refractivity contribution in [3.8, 4) is 0 Å². The Morgan fingerprint density at radius 3 is 1.07 bits per heavy atom. The summed E-state index contributed by atoms with van der Waals surface area (Å²) in [6.07, 6.45) is 70.4. The molecule has 0 aliphatic rings. The standard InChI is InChI=1S/C62H119NO5/c1-3-5-7-9-11-13-15-17-28-31-34-38-42-46-50-54-60(65)59(58-64)63-61(66)55-51-47-43-39-35-32-29-26-24-22-20-18-19-21-23-25-27-30-33-37-41-45-49-53-57-68-62(67)56-52-48-44-40-36-16-14-12-10-8-6-4-2/h12,14,20,22,59-60,64-65H,3-11,13,15-19,21,23-58H2,1-2H3,(H,63,66)/b14-12-,22-20-. The van der Waals surface area contributed by atoms with Gasteiger partial charge in [-0.05, 0) is 77.0 Å². The maximum atomic E-state index is 12.5. The number of hydrogen-bond acceptors (Lipinski definition) is 5. The molecule has 0 heterocycles. The van der Waals surface area contributed by atoms with E-state index < -0.39 is 12.1 Å². The molecular formula is C62H119NO5. The van der Waals surface area contributed by atoms with Gasteiger partial charge >= 0.3 is 5.97 Å². The number of allylic oxidation sites excluding steroid dienone is 4. The van der Waals surface area contributed by atoms with Crippen molar-refractivity contribution in [3.63, 3.8) is 0 Å². The summed E-state index contributed by atoms with van der Waals surface area (Å²) in [5, 5.41) is 23.3. The fourth-order valence-electron chi connectivity index (χ4n) is 9.51. The third-order valence-electron chi connectivity index (χ3n) is 14.2. The minimum Gasteiger partial charge on any atom is -0.466 e. The topological polar surface area (TPSA) is 95.9 Å². The Balaban J connectivity index is 3.40. The van der Waals surface area contributed by atoms with Crippen molar-refractivity contribution >= 4 is 11.9 Å². The van der Waals surface area contributed by atoms with Crippen LogP contribution in [-0.2, 0) is 14.3 Å². The molecule has 0 rings (SSSR count). The molecule has 0 saturated heterocycles. The van der Waals surface area contributed by atoms with Crippen LogP contribution in [0.15, 0.2) is 24.3 Å². The predicted octanol–water partition coefficient (Wildman–Crippen LogP) is 19.0. The molecule has 0 spiro atoms. The molecule has 0 saturated carbocycles. The number of rotatable bonds is 57. The maximum absolute atomic E-state index is 12.5. The van der Waals surface area contributed by atoms with Gasteiger partial charge in [0.15, 0.2) is 0 Å². The fourth-order valence-corrected chi connectivity index (χ4v) is 9.51. The largest absolute Gasteiger partial charge is 0.466 e. The second-order valence-electron chi connectivity index (χ2n) is 21.0. The molecule has 402 valence electrons. The minimum atomic E-state index is -0.666. The number of carbonyl (C=O) groups is 2. The normalized spacial score (nSPS) is 12.7. The lowest BCUT2D eigenvalue weighted by atomic mass is 10.0. The summed E-state index contributed by atoms with van der Waals surface area (Å²) in [5.74, 6) is -0.0352. The van der Waals surface area contributed by atoms with Crippen molar-refractivity contribution in [1.82, 2.24) is 5.32 Å². The SMILES string of the molecule is CCCCC/C=C\CCCCCCCC(=O)OCCCCCCCCCCCCCC/C=C\CCCCCCCCCCC(=O)NC(CO)C(O)CCCCCCCCCCCCCCCCC. The van der Waals surface area contributed by atoms with E-state index in [0.717, 1.165) is 44.9 Å². The number of esters is 1. The van der Waals surface area contributed by atoms with Crippen LogP contribution in [0.1, 0.15) is 335 Å². The van der Waals surface area contributed by atoms with E-state index in [2.05, 4.69) is 43.5 Å². The van der Waals surface area contributed by atoms with E-state index in [1.54, 1.807) is 0 Å². The van der Waals surface area contributed by atoms with Crippen molar-refractivity contribution in [2.24, 2.45) is 0 Å². The molecule has 0 aromatic heterocycles. The second-order valence-corrected chi connectivity index (χ2v) is 21.0. The Kier molecular flexibility index (Phi) is 56.5. The van der Waals surface area contributed by atoms with Crippen LogP contribution in [0.2, 0.25) is 0 Å². The number of amides is 1. The summed E-state index contributed by atoms with van der Waals surface area (Å²) in [6.45, 7) is 4.94. The Morgan fingerprint density at radius 2 is 0.691 bits per heavy atom. The van der Waals surface area contributed by atoms with Gasteiger partial charge in [0.1, 0.15) is 0 Å². The van der Waals surface area contributed by atoms with Crippen LogP contribution in [0, 0.1) is 0 Å². The molecule has 0 aliphatic heterocycles. The summed E-state index contributed by atoms with van der Waals surface area (Å²) in [6, 6.07) is -0.544. The molecule has 3 N–H and O–H groups in total. The minimum absolute atomic E-state index is 0.00262. The van der Waals surface area contributed by atoms with Crippen molar-refractivity contribution in [1.29, 1.82) is 0 Å². The van der Waals surface area contributed by atoms with Crippen molar-refractivity contribution in [3.05, 3.63) is 24.3 Å². The van der Waals surface area contributed by atoms with E-state index in [-0.39, 0.29) is 18.5 Å². The van der Waals surface area contributed by atoms with Gasteiger partial charge in [0.2, 0.25) is 5.91 Å². The van der Waals surface area contributed by atoms with Gasteiger partial charge < -0.3 is 20.3 Å². The number of aliphatic hydroxyl groups excluding tert-OH is 2. The highest BCUT2D eigenvalue weighted by atomic mass is 16.5. The average Bonchev–Trinajstić information content (AvgIpc) is 3.34. The summed E-state index contributed by atoms with van der Waals surface area (Å²) < 4.78 is 5.46. The van der Waals surface area contributed by atoms with Crippen LogP contribution in [0.5, 0.6) is 0 Å². The Bertz CT molecular complexity index is 1060. The lowest BCUT2D eigenvalue weighted by Crippen LogP contribution is -2.45. The third-order valence-corrected chi connectivity index (χ3v) is 14.2. The fraction of sp³-hybridized carbons (Fsp3) is 0.903. The third kappa shape index (κ3) is 53.7. The van der Waals surface area contributed by atoms with Crippen molar-refractivity contribution in [2.45, 2.75) is 347 Å². The van der Waals surface area contributed by atoms with Gasteiger partial charge in [-0.3, -0.25) is 9.59 Å². The highest BCUT2D eigenvalue weighted by Gasteiger charge is 2.20. The van der Waals surface area contributed by atoms with Gasteiger partial charge in [-0.2, -0.15) is 0 Å². The number of carbonyl (C=O) groups excluding carboxylic acids is 2. The smallest absolute Gasteiger partial charge is 0.305 e. The first-order valence-electron chi connectivity index (χ1n) is 30.6. The molecule has 1 amide bonds.